The van der Waals surface area contributed by atoms with Gasteiger partial charge in [-0.25, -0.2) is 4.90 Å². The first-order valence-electron chi connectivity index (χ1n) is 8.73. The van der Waals surface area contributed by atoms with E-state index in [2.05, 4.69) is 27.8 Å². The summed E-state index contributed by atoms with van der Waals surface area (Å²) >= 11 is 4.93. The average molecular weight is 431 g/mol. The molecule has 6 heteroatoms. The molecule has 0 radical (unpaired) electrons. The minimum atomic E-state index is -0.232. The molecule has 2 aliphatic heterocycles. The minimum Gasteiger partial charge on any atom is -0.366 e. The van der Waals surface area contributed by atoms with Gasteiger partial charge in [0.2, 0.25) is 0 Å². The molecule has 0 bridgehead atoms. The Bertz CT molecular complexity index is 883. The molecule has 1 fully saturated rings. The Morgan fingerprint density at radius 2 is 1.85 bits per heavy atom. The normalized spacial score (nSPS) is 19.0. The summed E-state index contributed by atoms with van der Waals surface area (Å²) in [6.07, 6.45) is 2.08. The van der Waals surface area contributed by atoms with Crippen molar-refractivity contribution in [2.24, 2.45) is 5.92 Å². The number of rotatable bonds is 3. The van der Waals surface area contributed by atoms with Crippen molar-refractivity contribution in [2.45, 2.75) is 19.8 Å². The topological polar surface area (TPSA) is 40.6 Å². The molecule has 4 nitrogen and oxygen atoms in total. The number of imide groups is 1. The Labute approximate surface area is 165 Å². The highest BCUT2D eigenvalue weighted by Crippen LogP contribution is 2.38. The van der Waals surface area contributed by atoms with Crippen LogP contribution in [0.3, 0.4) is 0 Å². The van der Waals surface area contributed by atoms with Crippen LogP contribution in [0.5, 0.6) is 0 Å². The second kappa shape index (κ2) is 7.00. The van der Waals surface area contributed by atoms with Crippen molar-refractivity contribution < 1.29 is 9.59 Å². The third-order valence-electron chi connectivity index (χ3n) is 4.99. The van der Waals surface area contributed by atoms with Gasteiger partial charge in [-0.05, 0) is 48.4 Å². The fraction of sp³-hybridized carbons (Fsp3) is 0.300. The zero-order chi connectivity index (χ0) is 18.3. The Morgan fingerprint density at radius 3 is 2.50 bits per heavy atom. The van der Waals surface area contributed by atoms with Crippen LogP contribution in [-0.4, -0.2) is 29.8 Å². The molecule has 0 aliphatic carbocycles. The number of halogens is 1. The van der Waals surface area contributed by atoms with Gasteiger partial charge in [0, 0.05) is 22.4 Å². The number of hydrogen-bond acceptors (Lipinski definition) is 4. The second-order valence-electron chi connectivity index (χ2n) is 6.80. The van der Waals surface area contributed by atoms with Gasteiger partial charge >= 0.3 is 0 Å². The molecule has 1 aromatic carbocycles. The maximum absolute atomic E-state index is 13.3. The van der Waals surface area contributed by atoms with E-state index < -0.39 is 0 Å². The zero-order valence-corrected chi connectivity index (χ0v) is 16.8. The van der Waals surface area contributed by atoms with Gasteiger partial charge in [-0.15, -0.1) is 11.3 Å². The molecule has 1 aromatic heterocycles. The van der Waals surface area contributed by atoms with Crippen molar-refractivity contribution >= 4 is 50.3 Å². The number of nitrogens with zero attached hydrogens (tertiary/aromatic N) is 2. The Balaban J connectivity index is 1.79. The van der Waals surface area contributed by atoms with Crippen LogP contribution in [0, 0.1) is 5.92 Å². The lowest BCUT2D eigenvalue weighted by Gasteiger charge is -2.32. The van der Waals surface area contributed by atoms with E-state index in [9.17, 15) is 9.59 Å². The van der Waals surface area contributed by atoms with Crippen LogP contribution >= 0.6 is 27.3 Å². The fourth-order valence-corrected chi connectivity index (χ4v) is 4.69. The van der Waals surface area contributed by atoms with Gasteiger partial charge in [0.1, 0.15) is 5.70 Å². The number of piperidine rings is 1. The van der Waals surface area contributed by atoms with Crippen molar-refractivity contribution in [3.63, 3.8) is 0 Å². The molecule has 4 rings (SSSR count). The van der Waals surface area contributed by atoms with E-state index in [0.717, 1.165) is 35.3 Å². The average Bonchev–Trinajstić information content (AvgIpc) is 3.22. The summed E-state index contributed by atoms with van der Waals surface area (Å²) in [5.41, 5.74) is 1.70. The van der Waals surface area contributed by atoms with E-state index in [1.165, 1.54) is 16.2 Å². The number of benzene rings is 1. The van der Waals surface area contributed by atoms with E-state index in [0.29, 0.717) is 22.9 Å². The molecule has 0 saturated carbocycles. The summed E-state index contributed by atoms with van der Waals surface area (Å²) in [6.45, 7) is 3.87. The maximum Gasteiger partial charge on any atom is 0.282 e. The lowest BCUT2D eigenvalue weighted by Crippen LogP contribution is -2.38. The third-order valence-corrected chi connectivity index (χ3v) is 6.37. The molecule has 1 saturated heterocycles. The van der Waals surface area contributed by atoms with Crippen molar-refractivity contribution in [1.29, 1.82) is 0 Å². The predicted molar refractivity (Wildman–Crippen MR) is 108 cm³/mol. The smallest absolute Gasteiger partial charge is 0.282 e. The molecule has 2 aliphatic rings. The van der Waals surface area contributed by atoms with Crippen LogP contribution in [0.25, 0.3) is 5.57 Å². The zero-order valence-electron chi connectivity index (χ0n) is 14.4. The summed E-state index contributed by atoms with van der Waals surface area (Å²) in [6, 6.07) is 11.2. The molecular weight excluding hydrogens is 412 g/mol. The van der Waals surface area contributed by atoms with Crippen molar-refractivity contribution in [2.75, 3.05) is 18.0 Å². The summed E-state index contributed by atoms with van der Waals surface area (Å²) < 4.78 is 0.841. The van der Waals surface area contributed by atoms with Crippen LogP contribution in [-0.2, 0) is 9.59 Å². The number of carbonyl (C=O) groups is 2. The Hall–Kier alpha value is -1.92. The molecule has 2 amide bonds. The SMILES string of the molecule is CC1CCN(C2=C(c3cccs3)C(=O)N(c3cccc(Br)c3)C2=O)CC1. The molecule has 0 spiro atoms. The van der Waals surface area contributed by atoms with Crippen LogP contribution in [0.1, 0.15) is 24.6 Å². The van der Waals surface area contributed by atoms with Gasteiger partial charge in [0.05, 0.1) is 11.3 Å². The number of carbonyl (C=O) groups excluding carboxylic acids is 2. The van der Waals surface area contributed by atoms with E-state index in [1.807, 2.05) is 35.7 Å². The highest BCUT2D eigenvalue weighted by atomic mass is 79.9. The fourth-order valence-electron chi connectivity index (χ4n) is 3.54. The predicted octanol–water partition coefficient (Wildman–Crippen LogP) is 4.53. The highest BCUT2D eigenvalue weighted by Gasteiger charge is 2.43. The van der Waals surface area contributed by atoms with Gasteiger partial charge in [-0.2, -0.15) is 0 Å². The number of amides is 2. The van der Waals surface area contributed by atoms with Gasteiger partial charge in [-0.3, -0.25) is 9.59 Å². The van der Waals surface area contributed by atoms with E-state index in [-0.39, 0.29) is 11.8 Å². The van der Waals surface area contributed by atoms with Gasteiger partial charge in [-0.1, -0.05) is 35.0 Å². The van der Waals surface area contributed by atoms with Crippen molar-refractivity contribution in [3.05, 3.63) is 56.8 Å². The largest absolute Gasteiger partial charge is 0.366 e. The highest BCUT2D eigenvalue weighted by molar-refractivity contribution is 9.10. The molecule has 26 heavy (non-hydrogen) atoms. The van der Waals surface area contributed by atoms with Crippen molar-refractivity contribution in [1.82, 2.24) is 4.90 Å². The molecule has 2 aromatic rings. The standard InChI is InChI=1S/C20H19BrN2O2S/c1-13-7-9-22(10-8-13)18-17(16-6-3-11-26-16)19(24)23(20(18)25)15-5-2-4-14(21)12-15/h2-6,11-13H,7-10H2,1H3. The summed E-state index contributed by atoms with van der Waals surface area (Å²) in [5, 5.41) is 1.94. The van der Waals surface area contributed by atoms with Crippen LogP contribution in [0.2, 0.25) is 0 Å². The lowest BCUT2D eigenvalue weighted by atomic mass is 9.98. The summed E-state index contributed by atoms with van der Waals surface area (Å²) in [5.74, 6) is 0.209. The monoisotopic (exact) mass is 430 g/mol. The first-order valence-corrected chi connectivity index (χ1v) is 10.4. The second-order valence-corrected chi connectivity index (χ2v) is 8.66. The van der Waals surface area contributed by atoms with Gasteiger partial charge in [0.25, 0.3) is 11.8 Å². The van der Waals surface area contributed by atoms with E-state index in [4.69, 9.17) is 0 Å². The van der Waals surface area contributed by atoms with Crippen molar-refractivity contribution in [3.8, 4) is 0 Å². The number of anilines is 1. The first-order chi connectivity index (χ1) is 12.6. The van der Waals surface area contributed by atoms with Gasteiger partial charge < -0.3 is 4.90 Å². The summed E-state index contributed by atoms with van der Waals surface area (Å²) in [7, 11) is 0. The van der Waals surface area contributed by atoms with Crippen LogP contribution in [0.4, 0.5) is 5.69 Å². The number of hydrogen-bond donors (Lipinski definition) is 0. The Kier molecular flexibility index (Phi) is 4.71. The molecule has 0 unspecified atom stereocenters. The molecule has 0 N–H and O–H groups in total. The molecule has 0 atom stereocenters. The lowest BCUT2D eigenvalue weighted by molar-refractivity contribution is -0.120. The summed E-state index contributed by atoms with van der Waals surface area (Å²) in [4.78, 5) is 30.8. The van der Waals surface area contributed by atoms with Gasteiger partial charge in [0.15, 0.2) is 0 Å². The van der Waals surface area contributed by atoms with Crippen LogP contribution in [0.15, 0.2) is 51.9 Å². The molecule has 3 heterocycles. The number of thiophene rings is 1. The number of likely N-dealkylation sites (tertiary alicyclic amines) is 1. The first kappa shape index (κ1) is 17.5. The van der Waals surface area contributed by atoms with E-state index in [1.54, 1.807) is 6.07 Å². The quantitative estimate of drug-likeness (QED) is 0.671. The van der Waals surface area contributed by atoms with Crippen LogP contribution < -0.4 is 4.90 Å². The molecular formula is C20H19BrN2O2S. The maximum atomic E-state index is 13.3. The third kappa shape index (κ3) is 3.01. The Morgan fingerprint density at radius 1 is 1.08 bits per heavy atom. The molecule has 134 valence electrons. The minimum absolute atomic E-state index is 0.217. The van der Waals surface area contributed by atoms with E-state index >= 15 is 0 Å².